The lowest BCUT2D eigenvalue weighted by molar-refractivity contribution is 0.358. The number of halogens is 11. The van der Waals surface area contributed by atoms with Crippen LogP contribution < -0.4 is 16.0 Å². The predicted molar refractivity (Wildman–Crippen MR) is 286 cm³/mol. The highest BCUT2D eigenvalue weighted by Gasteiger charge is 2.31. The van der Waals surface area contributed by atoms with Crippen LogP contribution in [0.15, 0.2) is 55.4 Å². The first-order valence-corrected chi connectivity index (χ1v) is 24.7. The normalized spacial score (nSPS) is 15.0. The summed E-state index contributed by atoms with van der Waals surface area (Å²) in [7, 11) is 0. The van der Waals surface area contributed by atoms with Crippen molar-refractivity contribution in [2.24, 2.45) is 16.2 Å². The molecule has 0 saturated carbocycles. The maximum atomic E-state index is 14.7. The van der Waals surface area contributed by atoms with Crippen LogP contribution in [0.5, 0.6) is 0 Å². The molecule has 0 saturated heterocycles. The first-order valence-electron chi connectivity index (χ1n) is 25.0. The number of hydrogen-bond donors (Lipinski definition) is 3. The zero-order chi connectivity index (χ0) is 60.4. The number of fused-ring (bicyclic) bond motifs is 3. The van der Waals surface area contributed by atoms with Crippen LogP contribution in [0.3, 0.4) is 0 Å². The molecule has 3 atom stereocenters. The fourth-order valence-electron chi connectivity index (χ4n) is 7.06. The van der Waals surface area contributed by atoms with Crippen LogP contribution >= 0.6 is 34.8 Å². The van der Waals surface area contributed by atoms with E-state index in [4.69, 9.17) is 38.9 Å². The molecule has 9 aromatic rings. The second kappa shape index (κ2) is 22.4. The van der Waals surface area contributed by atoms with Gasteiger partial charge < -0.3 is 16.0 Å². The fourth-order valence-corrected chi connectivity index (χ4v) is 7.84. The van der Waals surface area contributed by atoms with Gasteiger partial charge in [0, 0.05) is 42.3 Å². The first-order chi connectivity index (χ1) is 37.3. The highest BCUT2D eigenvalue weighted by Crippen LogP contribution is 2.42. The molecule has 0 radical (unpaired) electrons. The van der Waals surface area contributed by atoms with Crippen LogP contribution in [-0.2, 0) is 0 Å². The lowest BCUT2D eigenvalue weighted by atomic mass is 9.88. The number of aryl methyl sites for hydroxylation is 1. The van der Waals surface area contributed by atoms with Crippen molar-refractivity contribution in [2.45, 2.75) is 108 Å². The Morgan fingerprint density at radius 3 is 0.885 bits per heavy atom. The molecule has 0 amide bonds. The summed E-state index contributed by atoms with van der Waals surface area (Å²) in [5.41, 5.74) is -3.06. The van der Waals surface area contributed by atoms with E-state index in [1.165, 1.54) is 44.7 Å². The largest absolute Gasteiger partial charge is 0.366 e. The molecule has 6 heterocycles. The zero-order valence-corrected chi connectivity index (χ0v) is 46.5. The van der Waals surface area contributed by atoms with E-state index >= 15 is 0 Å². The first kappa shape index (κ1) is 54.4. The summed E-state index contributed by atoms with van der Waals surface area (Å²) in [6.45, 7) is 23.0. The second-order valence-electron chi connectivity index (χ2n) is 20.9. The van der Waals surface area contributed by atoms with Crippen LogP contribution in [0.2, 0.25) is 15.5 Å². The number of benzene rings is 3. The minimum absolute atomic E-state index is 0.00704. The summed E-state index contributed by atoms with van der Waals surface area (Å²) in [6.07, 6.45) is 3.65. The third kappa shape index (κ3) is 12.3. The Balaban J connectivity index is 0.000000175. The van der Waals surface area contributed by atoms with Crippen LogP contribution in [0.1, 0.15) is 92.8 Å². The van der Waals surface area contributed by atoms with Crippen molar-refractivity contribution < 1.29 is 39.2 Å². The quantitative estimate of drug-likeness (QED) is 0.0927. The van der Waals surface area contributed by atoms with E-state index in [0.717, 1.165) is 0 Å². The Kier molecular flexibility index (Phi) is 15.6. The lowest BCUT2D eigenvalue weighted by Gasteiger charge is -2.30. The molecule has 3 aromatic carbocycles. The minimum Gasteiger partial charge on any atom is -0.366 e. The van der Waals surface area contributed by atoms with Crippen molar-refractivity contribution in [1.29, 1.82) is 0 Å². The molecule has 0 aliphatic heterocycles. The number of rotatable bonds is 9. The standard InChI is InChI=1S/C18H20ClF2N5.2C17H17ClF3N5/c1-9-6-11(20)13(12(21)7-9)14-15(19)25-17-22-8-23-26(17)16(14)24-10(2)18(3,4)5;2*1-8(17(2,3)4)24-15-13(12-10(20)5-9(19)6-11(12)21)14(18)25-16-22-7-23-26(15)16/h6-8,10,24H,1-5H3;2*5-8,24H,1-4H3/t10-;8-;/m01./s1/i10D;2*8D. The Labute approximate surface area is 462 Å². The molecule has 26 heteroatoms. The number of nitrogens with zero attached hydrogens (tertiary/aromatic N) is 12. The van der Waals surface area contributed by atoms with E-state index < -0.39 is 92.0 Å². The minimum atomic E-state index is -1.29. The summed E-state index contributed by atoms with van der Waals surface area (Å²) >= 11 is 18.7. The van der Waals surface area contributed by atoms with Crippen molar-refractivity contribution in [3.63, 3.8) is 0 Å². The number of aromatic nitrogens is 12. The molecule has 6 aromatic heterocycles. The van der Waals surface area contributed by atoms with E-state index in [-0.39, 0.29) is 72.5 Å². The van der Waals surface area contributed by atoms with Crippen molar-refractivity contribution in [1.82, 2.24) is 58.7 Å². The molecule has 414 valence electrons. The Bertz CT molecular complexity index is 3410. The SMILES string of the molecule is [2H]C(C)(Nc1c(-c2c(F)cc(F)cc2F)c(Cl)nc2ncnn12)C(C)(C)C.[2H][C@@](C)(Nc1c(-c2c(F)cc(C)cc2F)c(Cl)nc2ncnn12)C(C)(C)C.[2H][C@](C)(Nc1c(-c2c(F)cc(F)cc2F)c(Cl)nc2ncnn12)C(C)(C)C. The van der Waals surface area contributed by atoms with Gasteiger partial charge in [-0.3, -0.25) is 0 Å². The number of hydrogen-bond acceptors (Lipinski definition) is 12. The van der Waals surface area contributed by atoms with Gasteiger partial charge in [0.25, 0.3) is 17.3 Å². The number of anilines is 3. The zero-order valence-electron chi connectivity index (χ0n) is 47.2. The average molecular weight is 1150 g/mol. The fraction of sp³-hybridized carbons (Fsp3) is 0.365. The average Bonchev–Trinajstić information content (AvgIpc) is 4.34. The summed E-state index contributed by atoms with van der Waals surface area (Å²) in [4.78, 5) is 23.9. The van der Waals surface area contributed by atoms with Gasteiger partial charge in [0.05, 0.1) is 37.5 Å². The van der Waals surface area contributed by atoms with E-state index in [2.05, 4.69) is 61.2 Å². The molecular weight excluding hydrogens is 1090 g/mol. The maximum Gasteiger partial charge on any atom is 0.255 e. The molecular formula is C52H54Cl3F8N15. The van der Waals surface area contributed by atoms with E-state index in [0.29, 0.717) is 29.8 Å². The van der Waals surface area contributed by atoms with Crippen molar-refractivity contribution in [3.05, 3.63) is 123 Å². The van der Waals surface area contributed by atoms with Gasteiger partial charge in [0.15, 0.2) is 0 Å². The molecule has 0 bridgehead atoms. The van der Waals surface area contributed by atoms with Gasteiger partial charge in [-0.25, -0.2) is 35.1 Å². The Hall–Kier alpha value is -6.98. The molecule has 3 N–H and O–H groups in total. The summed E-state index contributed by atoms with van der Waals surface area (Å²) < 4.78 is 144. The topological polar surface area (TPSA) is 165 Å². The smallest absolute Gasteiger partial charge is 0.255 e. The van der Waals surface area contributed by atoms with Gasteiger partial charge in [0.1, 0.15) is 98.4 Å². The molecule has 0 fully saturated rings. The van der Waals surface area contributed by atoms with Gasteiger partial charge >= 0.3 is 0 Å². The van der Waals surface area contributed by atoms with Crippen LogP contribution in [0.4, 0.5) is 52.6 Å². The van der Waals surface area contributed by atoms with Crippen molar-refractivity contribution in [3.8, 4) is 33.4 Å². The van der Waals surface area contributed by atoms with Gasteiger partial charge in [-0.15, -0.1) is 0 Å². The monoisotopic (exact) mass is 1150 g/mol. The summed E-state index contributed by atoms with van der Waals surface area (Å²) in [5, 5.41) is 20.4. The lowest BCUT2D eigenvalue weighted by Crippen LogP contribution is -2.32. The van der Waals surface area contributed by atoms with Crippen LogP contribution in [0.25, 0.3) is 50.7 Å². The summed E-state index contributed by atoms with van der Waals surface area (Å²) in [5.74, 6) is -7.76. The van der Waals surface area contributed by atoms with Crippen molar-refractivity contribution in [2.75, 3.05) is 16.0 Å². The third-order valence-electron chi connectivity index (χ3n) is 12.4. The van der Waals surface area contributed by atoms with Gasteiger partial charge in [0.2, 0.25) is 0 Å². The van der Waals surface area contributed by atoms with E-state index in [1.807, 2.05) is 62.3 Å². The van der Waals surface area contributed by atoms with Gasteiger partial charge in [-0.05, 0) is 61.6 Å². The van der Waals surface area contributed by atoms with Gasteiger partial charge in [-0.1, -0.05) is 97.1 Å². The molecule has 0 aliphatic rings. The molecule has 9 rings (SSSR count). The third-order valence-corrected chi connectivity index (χ3v) is 13.2. The maximum absolute atomic E-state index is 14.7. The molecule has 0 spiro atoms. The number of nitrogens with one attached hydrogen (secondary N) is 3. The van der Waals surface area contributed by atoms with Gasteiger partial charge in [-0.2, -0.15) is 58.7 Å². The van der Waals surface area contributed by atoms with Crippen LogP contribution in [-0.4, -0.2) is 76.8 Å². The van der Waals surface area contributed by atoms with Crippen LogP contribution in [0, 0.1) is 69.7 Å². The highest BCUT2D eigenvalue weighted by molar-refractivity contribution is 6.33. The Morgan fingerprint density at radius 1 is 0.423 bits per heavy atom. The molecule has 15 nitrogen and oxygen atoms in total. The van der Waals surface area contributed by atoms with Crippen molar-refractivity contribution >= 4 is 69.6 Å². The van der Waals surface area contributed by atoms with E-state index in [9.17, 15) is 35.1 Å². The Morgan fingerprint density at radius 2 is 0.654 bits per heavy atom. The second-order valence-corrected chi connectivity index (χ2v) is 22.0. The summed E-state index contributed by atoms with van der Waals surface area (Å²) in [6, 6.07) is 0.823. The molecule has 78 heavy (non-hydrogen) atoms. The van der Waals surface area contributed by atoms with E-state index in [1.54, 1.807) is 27.7 Å². The predicted octanol–water partition coefficient (Wildman–Crippen LogP) is 14.3. The molecule has 1 unspecified atom stereocenters. The molecule has 0 aliphatic carbocycles. The highest BCUT2D eigenvalue weighted by atomic mass is 35.5.